The number of anilines is 2. The minimum absolute atomic E-state index is 0.215. The predicted molar refractivity (Wildman–Crippen MR) is 122 cm³/mol. The van der Waals surface area contributed by atoms with E-state index in [0.717, 1.165) is 21.3 Å². The lowest BCUT2D eigenvalue weighted by Gasteiger charge is -2.31. The van der Waals surface area contributed by atoms with E-state index in [1.807, 2.05) is 36.4 Å². The Labute approximate surface area is 181 Å². The quantitative estimate of drug-likeness (QED) is 0.571. The van der Waals surface area contributed by atoms with Gasteiger partial charge in [-0.05, 0) is 36.1 Å². The lowest BCUT2D eigenvalue weighted by Crippen LogP contribution is -2.47. The molecular formula is C22H23ClN2O4S. The Morgan fingerprint density at radius 3 is 2.50 bits per heavy atom. The summed E-state index contributed by atoms with van der Waals surface area (Å²) in [5.74, 6) is -0.137. The number of hydrogen-bond donors (Lipinski definition) is 1. The van der Waals surface area contributed by atoms with Crippen molar-refractivity contribution in [2.24, 2.45) is 0 Å². The van der Waals surface area contributed by atoms with E-state index in [1.54, 1.807) is 25.1 Å². The fraction of sp³-hybridized carbons (Fsp3) is 0.227. The topological polar surface area (TPSA) is 75.7 Å². The highest BCUT2D eigenvalue weighted by molar-refractivity contribution is 7.92. The zero-order valence-electron chi connectivity index (χ0n) is 16.9. The summed E-state index contributed by atoms with van der Waals surface area (Å²) in [7, 11) is -2.39. The van der Waals surface area contributed by atoms with Crippen molar-refractivity contribution in [3.05, 3.63) is 65.7 Å². The van der Waals surface area contributed by atoms with Gasteiger partial charge < -0.3 is 10.1 Å². The van der Waals surface area contributed by atoms with Crippen molar-refractivity contribution < 1.29 is 17.9 Å². The Bertz CT molecular complexity index is 1180. The van der Waals surface area contributed by atoms with E-state index < -0.39 is 22.0 Å². The molecule has 3 aromatic rings. The minimum Gasteiger partial charge on any atom is -0.495 e. The molecule has 0 aliphatic rings. The molecule has 3 rings (SSSR count). The standard InChI is InChI=1S/C22H23ClN2O4S/c1-4-19(22(26)24-18-11-7-9-15-8-5-6-10-17(15)18)25(30(3,27)28)20-14-16(23)12-13-21(20)29-2/h5-14,19H,4H2,1-3H3,(H,24,26)/t19-/m0/s1. The number of rotatable bonds is 7. The largest absolute Gasteiger partial charge is 0.495 e. The van der Waals surface area contributed by atoms with Crippen molar-refractivity contribution in [2.75, 3.05) is 23.0 Å². The van der Waals surface area contributed by atoms with Crippen LogP contribution in [0.3, 0.4) is 0 Å². The van der Waals surface area contributed by atoms with E-state index in [9.17, 15) is 13.2 Å². The number of nitrogens with zero attached hydrogens (tertiary/aromatic N) is 1. The first-order valence-electron chi connectivity index (χ1n) is 9.37. The summed E-state index contributed by atoms with van der Waals surface area (Å²) in [5.41, 5.74) is 0.829. The Morgan fingerprint density at radius 1 is 1.13 bits per heavy atom. The van der Waals surface area contributed by atoms with E-state index in [-0.39, 0.29) is 12.1 Å². The van der Waals surface area contributed by atoms with Crippen molar-refractivity contribution in [3.8, 4) is 5.75 Å². The molecule has 1 atom stereocenters. The smallest absolute Gasteiger partial charge is 0.248 e. The highest BCUT2D eigenvalue weighted by Gasteiger charge is 2.33. The molecule has 0 bridgehead atoms. The summed E-state index contributed by atoms with van der Waals surface area (Å²) < 4.78 is 31.9. The van der Waals surface area contributed by atoms with E-state index >= 15 is 0 Å². The SMILES string of the molecule is CC[C@@H](C(=O)Nc1cccc2ccccc12)N(c1cc(Cl)ccc1OC)S(C)(=O)=O. The molecule has 0 aliphatic heterocycles. The second kappa shape index (κ2) is 8.93. The number of benzene rings is 3. The number of carbonyl (C=O) groups excluding carboxylic acids is 1. The number of methoxy groups -OCH3 is 1. The molecule has 0 aliphatic carbocycles. The van der Waals surface area contributed by atoms with Crippen LogP contribution in [0.15, 0.2) is 60.7 Å². The van der Waals surface area contributed by atoms with Crippen LogP contribution in [0.4, 0.5) is 11.4 Å². The highest BCUT2D eigenvalue weighted by Crippen LogP contribution is 2.35. The first-order valence-corrected chi connectivity index (χ1v) is 11.6. The molecule has 158 valence electrons. The molecule has 6 nitrogen and oxygen atoms in total. The third kappa shape index (κ3) is 4.52. The van der Waals surface area contributed by atoms with Gasteiger partial charge in [0.1, 0.15) is 11.8 Å². The van der Waals surface area contributed by atoms with Crippen LogP contribution in [0.25, 0.3) is 10.8 Å². The number of amides is 1. The van der Waals surface area contributed by atoms with Crippen LogP contribution in [0.2, 0.25) is 5.02 Å². The summed E-state index contributed by atoms with van der Waals surface area (Å²) in [4.78, 5) is 13.2. The van der Waals surface area contributed by atoms with E-state index in [2.05, 4.69) is 5.32 Å². The number of halogens is 1. The van der Waals surface area contributed by atoms with Crippen LogP contribution in [-0.4, -0.2) is 33.7 Å². The van der Waals surface area contributed by atoms with Gasteiger partial charge in [0, 0.05) is 16.1 Å². The Morgan fingerprint density at radius 2 is 1.83 bits per heavy atom. The summed E-state index contributed by atoms with van der Waals surface area (Å²) in [6, 6.07) is 16.9. The van der Waals surface area contributed by atoms with Gasteiger partial charge in [0.05, 0.1) is 19.1 Å². The average Bonchev–Trinajstić information content (AvgIpc) is 2.71. The molecule has 1 N–H and O–H groups in total. The van der Waals surface area contributed by atoms with Crippen LogP contribution >= 0.6 is 11.6 Å². The first-order chi connectivity index (χ1) is 14.3. The van der Waals surface area contributed by atoms with Crippen LogP contribution < -0.4 is 14.4 Å². The summed E-state index contributed by atoms with van der Waals surface area (Å²) in [5, 5.41) is 5.07. The highest BCUT2D eigenvalue weighted by atomic mass is 35.5. The van der Waals surface area contributed by atoms with Gasteiger partial charge in [0.15, 0.2) is 0 Å². The predicted octanol–water partition coefficient (Wildman–Crippen LogP) is 4.69. The molecule has 3 aromatic carbocycles. The van der Waals surface area contributed by atoms with Crippen LogP contribution in [-0.2, 0) is 14.8 Å². The molecule has 0 fully saturated rings. The average molecular weight is 447 g/mol. The Hall–Kier alpha value is -2.77. The number of nitrogens with one attached hydrogen (secondary N) is 1. The van der Waals surface area contributed by atoms with Gasteiger partial charge in [-0.1, -0.05) is 54.9 Å². The van der Waals surface area contributed by atoms with Gasteiger partial charge >= 0.3 is 0 Å². The minimum atomic E-state index is -3.82. The van der Waals surface area contributed by atoms with Crippen molar-refractivity contribution in [1.29, 1.82) is 0 Å². The number of hydrogen-bond acceptors (Lipinski definition) is 4. The van der Waals surface area contributed by atoms with E-state index in [4.69, 9.17) is 16.3 Å². The zero-order chi connectivity index (χ0) is 21.9. The maximum absolute atomic E-state index is 13.2. The third-order valence-corrected chi connectivity index (χ3v) is 6.16. The zero-order valence-corrected chi connectivity index (χ0v) is 18.5. The van der Waals surface area contributed by atoms with Crippen LogP contribution in [0, 0.1) is 0 Å². The van der Waals surface area contributed by atoms with Gasteiger partial charge in [-0.2, -0.15) is 0 Å². The molecule has 0 saturated carbocycles. The molecule has 0 radical (unpaired) electrons. The van der Waals surface area contributed by atoms with Crippen LogP contribution in [0.5, 0.6) is 5.75 Å². The maximum atomic E-state index is 13.2. The monoisotopic (exact) mass is 446 g/mol. The van der Waals surface area contributed by atoms with Gasteiger partial charge in [0.25, 0.3) is 0 Å². The van der Waals surface area contributed by atoms with E-state index in [0.29, 0.717) is 16.5 Å². The molecule has 1 amide bonds. The molecule has 0 heterocycles. The molecule has 30 heavy (non-hydrogen) atoms. The molecule has 0 spiro atoms. The first kappa shape index (κ1) is 21.9. The van der Waals surface area contributed by atoms with Gasteiger partial charge in [-0.15, -0.1) is 0 Å². The molecule has 8 heteroatoms. The van der Waals surface area contributed by atoms with Gasteiger partial charge in [0.2, 0.25) is 15.9 Å². The fourth-order valence-corrected chi connectivity index (χ4v) is 4.79. The number of carbonyl (C=O) groups is 1. The molecule has 0 aromatic heterocycles. The number of fused-ring (bicyclic) bond motifs is 1. The molecular weight excluding hydrogens is 424 g/mol. The molecule has 0 unspecified atom stereocenters. The fourth-order valence-electron chi connectivity index (χ4n) is 3.42. The normalized spacial score (nSPS) is 12.4. The molecule has 0 saturated heterocycles. The summed E-state index contributed by atoms with van der Waals surface area (Å²) in [6.07, 6.45) is 1.31. The Kier molecular flexibility index (Phi) is 6.53. The van der Waals surface area contributed by atoms with E-state index in [1.165, 1.54) is 13.2 Å². The third-order valence-electron chi connectivity index (χ3n) is 4.76. The van der Waals surface area contributed by atoms with Crippen molar-refractivity contribution in [1.82, 2.24) is 0 Å². The Balaban J connectivity index is 2.04. The summed E-state index contributed by atoms with van der Waals surface area (Å²) >= 11 is 6.11. The lowest BCUT2D eigenvalue weighted by atomic mass is 10.1. The number of sulfonamides is 1. The van der Waals surface area contributed by atoms with Gasteiger partial charge in [-0.25, -0.2) is 8.42 Å². The van der Waals surface area contributed by atoms with Crippen LogP contribution in [0.1, 0.15) is 13.3 Å². The second-order valence-corrected chi connectivity index (χ2v) is 9.11. The number of ether oxygens (including phenoxy) is 1. The van der Waals surface area contributed by atoms with Crippen molar-refractivity contribution in [2.45, 2.75) is 19.4 Å². The second-order valence-electron chi connectivity index (χ2n) is 6.81. The van der Waals surface area contributed by atoms with Crippen molar-refractivity contribution >= 4 is 49.7 Å². The van der Waals surface area contributed by atoms with Gasteiger partial charge in [-0.3, -0.25) is 9.10 Å². The maximum Gasteiger partial charge on any atom is 0.248 e. The summed E-state index contributed by atoms with van der Waals surface area (Å²) in [6.45, 7) is 1.75. The lowest BCUT2D eigenvalue weighted by molar-refractivity contribution is -0.117. The van der Waals surface area contributed by atoms with Crippen molar-refractivity contribution in [3.63, 3.8) is 0 Å².